The molecule has 1 atom stereocenters. The third-order valence-electron chi connectivity index (χ3n) is 2.08. The largest absolute Gasteiger partial charge is 0.458 e. The van der Waals surface area contributed by atoms with Crippen LogP contribution in [0, 0.1) is 0 Å². The van der Waals surface area contributed by atoms with Crippen molar-refractivity contribution >= 4 is 34.9 Å². The van der Waals surface area contributed by atoms with Crippen LogP contribution in [-0.2, 0) is 9.53 Å². The van der Waals surface area contributed by atoms with E-state index in [0.717, 1.165) is 0 Å². The molecule has 1 N–H and O–H groups in total. The van der Waals surface area contributed by atoms with Crippen LogP contribution in [0.5, 0.6) is 0 Å². The van der Waals surface area contributed by atoms with Crippen LogP contribution in [0.2, 0.25) is 10.0 Å². The SMILES string of the molecule is CC(Nc1c(Cl)cccc1Cl)C(=O)OC(C)(C)C. The first-order valence-electron chi connectivity index (χ1n) is 5.64. The van der Waals surface area contributed by atoms with Gasteiger partial charge in [-0.25, -0.2) is 4.79 Å². The summed E-state index contributed by atoms with van der Waals surface area (Å²) in [5.74, 6) is -0.349. The van der Waals surface area contributed by atoms with Gasteiger partial charge in [-0.15, -0.1) is 0 Å². The zero-order valence-corrected chi connectivity index (χ0v) is 12.4. The highest BCUT2D eigenvalue weighted by molar-refractivity contribution is 6.39. The maximum absolute atomic E-state index is 11.8. The van der Waals surface area contributed by atoms with E-state index in [1.807, 2.05) is 20.8 Å². The van der Waals surface area contributed by atoms with E-state index >= 15 is 0 Å². The number of hydrogen-bond acceptors (Lipinski definition) is 3. The van der Waals surface area contributed by atoms with Crippen LogP contribution in [0.1, 0.15) is 27.7 Å². The molecule has 0 saturated carbocycles. The summed E-state index contributed by atoms with van der Waals surface area (Å²) in [4.78, 5) is 11.8. The van der Waals surface area contributed by atoms with E-state index in [2.05, 4.69) is 5.32 Å². The number of ether oxygens (including phenoxy) is 1. The fourth-order valence-corrected chi connectivity index (χ4v) is 1.81. The van der Waals surface area contributed by atoms with Gasteiger partial charge in [-0.1, -0.05) is 29.3 Å². The lowest BCUT2D eigenvalue weighted by atomic mass is 10.2. The number of hydrogen-bond donors (Lipinski definition) is 1. The van der Waals surface area contributed by atoms with E-state index in [0.29, 0.717) is 15.7 Å². The maximum Gasteiger partial charge on any atom is 0.328 e. The van der Waals surface area contributed by atoms with Crippen molar-refractivity contribution in [2.45, 2.75) is 39.3 Å². The lowest BCUT2D eigenvalue weighted by Gasteiger charge is -2.23. The molecule has 0 aliphatic heterocycles. The summed E-state index contributed by atoms with van der Waals surface area (Å²) in [6.45, 7) is 7.16. The minimum Gasteiger partial charge on any atom is -0.458 e. The fraction of sp³-hybridized carbons (Fsp3) is 0.462. The van der Waals surface area contributed by atoms with E-state index in [1.54, 1.807) is 25.1 Å². The Morgan fingerprint density at radius 2 is 1.78 bits per heavy atom. The van der Waals surface area contributed by atoms with Gasteiger partial charge in [-0.05, 0) is 39.8 Å². The number of benzene rings is 1. The standard InChI is InChI=1S/C13H17Cl2NO2/c1-8(12(17)18-13(2,3)4)16-11-9(14)6-5-7-10(11)15/h5-8,16H,1-4H3. The summed E-state index contributed by atoms with van der Waals surface area (Å²) in [7, 11) is 0. The molecule has 0 radical (unpaired) electrons. The molecule has 0 fully saturated rings. The van der Waals surface area contributed by atoms with Crippen molar-refractivity contribution in [3.8, 4) is 0 Å². The van der Waals surface area contributed by atoms with Crippen LogP contribution in [0.4, 0.5) is 5.69 Å². The molecule has 1 rings (SSSR count). The molecule has 100 valence electrons. The number of carbonyl (C=O) groups is 1. The molecule has 3 nitrogen and oxygen atoms in total. The molecule has 5 heteroatoms. The number of esters is 1. The van der Waals surface area contributed by atoms with Gasteiger partial charge in [0.1, 0.15) is 11.6 Å². The van der Waals surface area contributed by atoms with Crippen LogP contribution in [0.3, 0.4) is 0 Å². The van der Waals surface area contributed by atoms with Crippen molar-refractivity contribution in [3.63, 3.8) is 0 Å². The van der Waals surface area contributed by atoms with E-state index in [1.165, 1.54) is 0 Å². The van der Waals surface area contributed by atoms with Crippen molar-refractivity contribution in [2.75, 3.05) is 5.32 Å². The zero-order chi connectivity index (χ0) is 13.9. The van der Waals surface area contributed by atoms with Crippen molar-refractivity contribution in [3.05, 3.63) is 28.2 Å². The first-order chi connectivity index (χ1) is 8.20. The molecule has 0 bridgehead atoms. The Morgan fingerprint density at radius 1 is 1.28 bits per heavy atom. The number of nitrogens with one attached hydrogen (secondary N) is 1. The van der Waals surface area contributed by atoms with Gasteiger partial charge in [0.2, 0.25) is 0 Å². The van der Waals surface area contributed by atoms with Crippen LogP contribution < -0.4 is 5.32 Å². The van der Waals surface area contributed by atoms with Gasteiger partial charge in [0.05, 0.1) is 15.7 Å². The molecular weight excluding hydrogens is 273 g/mol. The average molecular weight is 290 g/mol. The predicted octanol–water partition coefficient (Wildman–Crippen LogP) is 4.14. The van der Waals surface area contributed by atoms with Gasteiger partial charge in [-0.3, -0.25) is 0 Å². The third kappa shape index (κ3) is 4.39. The Bertz CT molecular complexity index is 421. The molecule has 0 heterocycles. The van der Waals surface area contributed by atoms with Crippen molar-refractivity contribution < 1.29 is 9.53 Å². The zero-order valence-electron chi connectivity index (χ0n) is 10.9. The Morgan fingerprint density at radius 3 is 2.22 bits per heavy atom. The lowest BCUT2D eigenvalue weighted by molar-refractivity contribution is -0.155. The van der Waals surface area contributed by atoms with Gasteiger partial charge in [0.15, 0.2) is 0 Å². The highest BCUT2D eigenvalue weighted by Gasteiger charge is 2.22. The van der Waals surface area contributed by atoms with Crippen molar-refractivity contribution in [2.24, 2.45) is 0 Å². The second-order valence-corrected chi connectivity index (χ2v) is 5.81. The number of rotatable bonds is 3. The first kappa shape index (κ1) is 15.1. The summed E-state index contributed by atoms with van der Waals surface area (Å²) in [6.07, 6.45) is 0. The minimum atomic E-state index is -0.526. The lowest BCUT2D eigenvalue weighted by Crippen LogP contribution is -2.34. The second-order valence-electron chi connectivity index (χ2n) is 5.00. The molecule has 0 aromatic heterocycles. The minimum absolute atomic E-state index is 0.349. The van der Waals surface area contributed by atoms with Crippen LogP contribution in [-0.4, -0.2) is 17.6 Å². The summed E-state index contributed by atoms with van der Waals surface area (Å²) in [6, 6.07) is 4.63. The van der Waals surface area contributed by atoms with Crippen molar-refractivity contribution in [1.82, 2.24) is 0 Å². The number of para-hydroxylation sites is 1. The monoisotopic (exact) mass is 289 g/mol. The Balaban J connectivity index is 2.76. The number of halogens is 2. The Labute approximate surface area is 117 Å². The normalized spacial score (nSPS) is 13.0. The second kappa shape index (κ2) is 5.81. The maximum atomic E-state index is 11.8. The fourth-order valence-electron chi connectivity index (χ4n) is 1.30. The summed E-state index contributed by atoms with van der Waals surface area (Å²) < 4.78 is 5.26. The summed E-state index contributed by atoms with van der Waals surface area (Å²) in [5.41, 5.74) is 0.0244. The smallest absolute Gasteiger partial charge is 0.328 e. The Hall–Kier alpha value is -0.930. The molecule has 18 heavy (non-hydrogen) atoms. The van der Waals surface area contributed by atoms with Crippen LogP contribution in [0.25, 0.3) is 0 Å². The van der Waals surface area contributed by atoms with Gasteiger partial charge in [0, 0.05) is 0 Å². The molecule has 0 amide bonds. The van der Waals surface area contributed by atoms with Gasteiger partial charge in [0.25, 0.3) is 0 Å². The quantitative estimate of drug-likeness (QED) is 0.850. The number of carbonyl (C=O) groups excluding carboxylic acids is 1. The molecule has 1 aromatic rings. The average Bonchev–Trinajstić information content (AvgIpc) is 2.21. The molecule has 0 aliphatic rings. The van der Waals surface area contributed by atoms with E-state index in [-0.39, 0.29) is 5.97 Å². The molecule has 1 aromatic carbocycles. The topological polar surface area (TPSA) is 38.3 Å². The van der Waals surface area contributed by atoms with E-state index in [4.69, 9.17) is 27.9 Å². The van der Waals surface area contributed by atoms with E-state index < -0.39 is 11.6 Å². The molecular formula is C13H17Cl2NO2. The van der Waals surface area contributed by atoms with Gasteiger partial charge >= 0.3 is 5.97 Å². The predicted molar refractivity (Wildman–Crippen MR) is 75.4 cm³/mol. The first-order valence-corrected chi connectivity index (χ1v) is 6.39. The molecule has 0 aliphatic carbocycles. The highest BCUT2D eigenvalue weighted by Crippen LogP contribution is 2.30. The highest BCUT2D eigenvalue weighted by atomic mass is 35.5. The van der Waals surface area contributed by atoms with Gasteiger partial charge in [-0.2, -0.15) is 0 Å². The number of anilines is 1. The van der Waals surface area contributed by atoms with Gasteiger partial charge < -0.3 is 10.1 Å². The third-order valence-corrected chi connectivity index (χ3v) is 2.71. The van der Waals surface area contributed by atoms with Crippen LogP contribution >= 0.6 is 23.2 Å². The van der Waals surface area contributed by atoms with E-state index in [9.17, 15) is 4.79 Å². The Kier molecular flexibility index (Phi) is 4.88. The molecule has 1 unspecified atom stereocenters. The summed E-state index contributed by atoms with van der Waals surface area (Å²) in [5, 5.41) is 3.90. The summed E-state index contributed by atoms with van der Waals surface area (Å²) >= 11 is 12.0. The molecule has 0 spiro atoms. The van der Waals surface area contributed by atoms with Crippen molar-refractivity contribution in [1.29, 1.82) is 0 Å². The van der Waals surface area contributed by atoms with Crippen LogP contribution in [0.15, 0.2) is 18.2 Å². The molecule has 0 saturated heterocycles.